The van der Waals surface area contributed by atoms with Gasteiger partial charge in [-0.1, -0.05) is 49.4 Å². The molecule has 5 heteroatoms. The maximum atomic E-state index is 13.2. The van der Waals surface area contributed by atoms with Crippen LogP contribution in [0.3, 0.4) is 0 Å². The molecular formula is C23H25N2O2S+. The summed E-state index contributed by atoms with van der Waals surface area (Å²) in [5.41, 5.74) is 2.16. The van der Waals surface area contributed by atoms with E-state index in [4.69, 9.17) is 4.42 Å². The Kier molecular flexibility index (Phi) is 5.84. The lowest BCUT2D eigenvalue weighted by atomic mass is 10.0. The van der Waals surface area contributed by atoms with E-state index < -0.39 is 0 Å². The van der Waals surface area contributed by atoms with E-state index in [9.17, 15) is 4.79 Å². The minimum atomic E-state index is -0.0318. The summed E-state index contributed by atoms with van der Waals surface area (Å²) in [6.07, 6.45) is 2.68. The quantitative estimate of drug-likeness (QED) is 0.716. The van der Waals surface area contributed by atoms with Gasteiger partial charge >= 0.3 is 0 Å². The zero-order valence-corrected chi connectivity index (χ0v) is 16.8. The van der Waals surface area contributed by atoms with Crippen LogP contribution in [0.4, 0.5) is 5.69 Å². The standard InChI is InChI=1S/C23H24N2O2S/c1-17-13-14-25(19-10-5-6-12-21(19)28-17)22(26)16-24-23(20-11-7-15-27-20)18-8-3-2-4-9-18/h2-12,15,17,23-24H,13-14,16H2,1H3/p+1/t17-,23-/m0/s1. The maximum absolute atomic E-state index is 13.2. The predicted molar refractivity (Wildman–Crippen MR) is 113 cm³/mol. The van der Waals surface area contributed by atoms with Gasteiger partial charge in [-0.25, -0.2) is 0 Å². The summed E-state index contributed by atoms with van der Waals surface area (Å²) in [7, 11) is 0. The molecule has 1 aliphatic heterocycles. The van der Waals surface area contributed by atoms with Crippen LogP contribution in [0.1, 0.15) is 30.7 Å². The topological polar surface area (TPSA) is 50.1 Å². The number of carbonyl (C=O) groups excluding carboxylic acids is 1. The minimum absolute atomic E-state index is 0.0318. The van der Waals surface area contributed by atoms with Crippen LogP contribution in [-0.2, 0) is 4.79 Å². The Morgan fingerprint density at radius 2 is 1.93 bits per heavy atom. The van der Waals surface area contributed by atoms with E-state index in [1.54, 1.807) is 6.26 Å². The molecule has 144 valence electrons. The van der Waals surface area contributed by atoms with Crippen molar-refractivity contribution in [3.63, 3.8) is 0 Å². The van der Waals surface area contributed by atoms with Gasteiger partial charge in [-0.15, -0.1) is 11.8 Å². The van der Waals surface area contributed by atoms with E-state index in [1.807, 2.05) is 59.1 Å². The summed E-state index contributed by atoms with van der Waals surface area (Å²) in [6.45, 7) is 3.35. The predicted octanol–water partition coefficient (Wildman–Crippen LogP) is 3.85. The first kappa shape index (κ1) is 18.8. The fraction of sp³-hybridized carbons (Fsp3) is 0.261. The van der Waals surface area contributed by atoms with E-state index in [0.717, 1.165) is 30.0 Å². The molecule has 3 aromatic rings. The molecule has 0 saturated heterocycles. The van der Waals surface area contributed by atoms with Crippen molar-refractivity contribution >= 4 is 23.4 Å². The van der Waals surface area contributed by atoms with Gasteiger partial charge in [0.05, 0.1) is 12.0 Å². The Morgan fingerprint density at radius 1 is 1.14 bits per heavy atom. The fourth-order valence-electron chi connectivity index (χ4n) is 3.62. The second-order valence-corrected chi connectivity index (χ2v) is 8.55. The van der Waals surface area contributed by atoms with Gasteiger partial charge in [-0.3, -0.25) is 4.79 Å². The summed E-state index contributed by atoms with van der Waals surface area (Å²) >= 11 is 1.85. The van der Waals surface area contributed by atoms with Crippen molar-refractivity contribution in [2.24, 2.45) is 0 Å². The molecule has 0 radical (unpaired) electrons. The third kappa shape index (κ3) is 4.16. The smallest absolute Gasteiger partial charge is 0.282 e. The van der Waals surface area contributed by atoms with E-state index in [-0.39, 0.29) is 11.9 Å². The van der Waals surface area contributed by atoms with Gasteiger partial charge in [0.15, 0.2) is 18.3 Å². The van der Waals surface area contributed by atoms with E-state index in [1.165, 1.54) is 4.90 Å². The van der Waals surface area contributed by atoms with Crippen molar-refractivity contribution in [3.05, 3.63) is 84.3 Å². The van der Waals surface area contributed by atoms with Gasteiger partial charge < -0.3 is 14.6 Å². The molecule has 2 aromatic carbocycles. The number of thioether (sulfide) groups is 1. The number of carbonyl (C=O) groups is 1. The number of para-hydroxylation sites is 1. The molecule has 2 N–H and O–H groups in total. The first-order valence-corrected chi connectivity index (χ1v) is 10.6. The number of amides is 1. The molecule has 0 fully saturated rings. The van der Waals surface area contributed by atoms with Gasteiger partial charge in [0.2, 0.25) is 0 Å². The molecule has 0 spiro atoms. The van der Waals surface area contributed by atoms with Crippen LogP contribution in [0.25, 0.3) is 0 Å². The normalized spacial score (nSPS) is 17.6. The average molecular weight is 394 g/mol. The van der Waals surface area contributed by atoms with Crippen molar-refractivity contribution in [2.75, 3.05) is 18.0 Å². The Labute approximate surface area is 169 Å². The van der Waals surface area contributed by atoms with Crippen LogP contribution in [0.2, 0.25) is 0 Å². The van der Waals surface area contributed by atoms with Crippen LogP contribution >= 0.6 is 11.8 Å². The molecule has 1 amide bonds. The van der Waals surface area contributed by atoms with Crippen molar-refractivity contribution in [3.8, 4) is 0 Å². The van der Waals surface area contributed by atoms with Crippen LogP contribution in [0.15, 0.2) is 82.3 Å². The Morgan fingerprint density at radius 3 is 2.71 bits per heavy atom. The number of furan rings is 1. The second kappa shape index (κ2) is 8.67. The zero-order chi connectivity index (χ0) is 19.3. The molecular weight excluding hydrogens is 368 g/mol. The molecule has 28 heavy (non-hydrogen) atoms. The zero-order valence-electron chi connectivity index (χ0n) is 16.0. The third-order valence-corrected chi connectivity index (χ3v) is 6.32. The number of benzene rings is 2. The monoisotopic (exact) mass is 393 g/mol. The molecule has 4 nitrogen and oxygen atoms in total. The number of hydrogen-bond acceptors (Lipinski definition) is 3. The van der Waals surface area contributed by atoms with Gasteiger partial charge in [0, 0.05) is 22.3 Å². The molecule has 2 heterocycles. The number of anilines is 1. The lowest BCUT2D eigenvalue weighted by Gasteiger charge is -2.23. The summed E-state index contributed by atoms with van der Waals surface area (Å²) < 4.78 is 5.66. The van der Waals surface area contributed by atoms with Crippen molar-refractivity contribution < 1.29 is 14.5 Å². The van der Waals surface area contributed by atoms with Crippen molar-refractivity contribution in [2.45, 2.75) is 29.5 Å². The number of fused-ring (bicyclic) bond motifs is 1. The molecule has 0 unspecified atom stereocenters. The van der Waals surface area contributed by atoms with Crippen LogP contribution in [0, 0.1) is 0 Å². The molecule has 0 saturated carbocycles. The molecule has 0 bridgehead atoms. The summed E-state index contributed by atoms with van der Waals surface area (Å²) in [5.74, 6) is 0.995. The lowest BCUT2D eigenvalue weighted by Crippen LogP contribution is -2.87. The lowest BCUT2D eigenvalue weighted by molar-refractivity contribution is -0.678. The summed E-state index contributed by atoms with van der Waals surface area (Å²) in [6, 6.07) is 22.2. The Hall–Kier alpha value is -2.50. The SMILES string of the molecule is C[C@H]1CCN(C(=O)C[NH2+][C@@H](c2ccccc2)c2ccco2)c2ccccc2S1. The maximum Gasteiger partial charge on any atom is 0.282 e. The first-order valence-electron chi connectivity index (χ1n) is 9.70. The molecule has 2 atom stereocenters. The molecule has 0 aliphatic carbocycles. The van der Waals surface area contributed by atoms with Crippen LogP contribution < -0.4 is 10.2 Å². The first-order chi connectivity index (χ1) is 13.7. The highest BCUT2D eigenvalue weighted by molar-refractivity contribution is 8.00. The average Bonchev–Trinajstić information content (AvgIpc) is 3.18. The number of hydrogen-bond donors (Lipinski definition) is 1. The summed E-state index contributed by atoms with van der Waals surface area (Å²) in [4.78, 5) is 16.3. The van der Waals surface area contributed by atoms with Crippen molar-refractivity contribution in [1.29, 1.82) is 0 Å². The number of nitrogens with two attached hydrogens (primary N) is 1. The van der Waals surface area contributed by atoms with Crippen LogP contribution in [-0.4, -0.2) is 24.2 Å². The molecule has 4 rings (SSSR count). The fourth-order valence-corrected chi connectivity index (χ4v) is 4.73. The van der Waals surface area contributed by atoms with Gasteiger partial charge in [0.1, 0.15) is 0 Å². The third-order valence-electron chi connectivity index (χ3n) is 5.08. The van der Waals surface area contributed by atoms with Crippen LogP contribution in [0.5, 0.6) is 0 Å². The molecule has 1 aromatic heterocycles. The van der Waals surface area contributed by atoms with Gasteiger partial charge in [-0.05, 0) is 30.7 Å². The van der Waals surface area contributed by atoms with Gasteiger partial charge in [0.25, 0.3) is 5.91 Å². The van der Waals surface area contributed by atoms with Gasteiger partial charge in [-0.2, -0.15) is 0 Å². The highest BCUT2D eigenvalue weighted by atomic mass is 32.2. The van der Waals surface area contributed by atoms with Crippen molar-refractivity contribution in [1.82, 2.24) is 0 Å². The number of rotatable bonds is 5. The summed E-state index contributed by atoms with van der Waals surface area (Å²) in [5, 5.41) is 2.57. The highest BCUT2D eigenvalue weighted by Gasteiger charge is 2.27. The van der Waals surface area contributed by atoms with E-state index in [2.05, 4.69) is 36.5 Å². The molecule has 1 aliphatic rings. The largest absolute Gasteiger partial charge is 0.463 e. The number of nitrogens with zero attached hydrogens (tertiary/aromatic N) is 1. The number of quaternary nitrogens is 1. The van der Waals surface area contributed by atoms with E-state index in [0.29, 0.717) is 11.8 Å². The Bertz CT molecular complexity index is 911. The highest BCUT2D eigenvalue weighted by Crippen LogP contribution is 2.37. The van der Waals surface area contributed by atoms with E-state index >= 15 is 0 Å². The second-order valence-electron chi connectivity index (χ2n) is 7.07. The minimum Gasteiger partial charge on any atom is -0.463 e. The Balaban J connectivity index is 1.53.